The van der Waals surface area contributed by atoms with E-state index in [0.29, 0.717) is 17.7 Å². The third-order valence-electron chi connectivity index (χ3n) is 3.10. The average molecular weight is 336 g/mol. The summed E-state index contributed by atoms with van der Waals surface area (Å²) in [5.41, 5.74) is 7.73. The molecule has 2 aromatic rings. The average Bonchev–Trinajstić information content (AvgIpc) is 2.56. The maximum Gasteiger partial charge on any atom is 0.322 e. The lowest BCUT2D eigenvalue weighted by Crippen LogP contribution is -2.33. The number of halogens is 1. The van der Waals surface area contributed by atoms with Gasteiger partial charge in [0.2, 0.25) is 0 Å². The number of esters is 1. The Labute approximate surface area is 140 Å². The van der Waals surface area contributed by atoms with Crippen molar-refractivity contribution in [3.63, 3.8) is 0 Å². The smallest absolute Gasteiger partial charge is 0.322 e. The van der Waals surface area contributed by atoms with Crippen LogP contribution >= 0.6 is 12.4 Å². The van der Waals surface area contributed by atoms with Crippen molar-refractivity contribution >= 4 is 30.0 Å². The Morgan fingerprint density at radius 2 is 1.96 bits per heavy atom. The standard InChI is InChI=1S/C16H17N3O3.ClH/c1-22-16(21)14(17)9-11-4-6-13(7-5-11)19-15(20)12-3-2-8-18-10-12;/h2-8,10,14H,9,17H2,1H3,(H,19,20);1H/t14-;/m0./s1. The minimum Gasteiger partial charge on any atom is -0.468 e. The predicted molar refractivity (Wildman–Crippen MR) is 89.6 cm³/mol. The molecule has 0 aliphatic heterocycles. The van der Waals surface area contributed by atoms with Crippen molar-refractivity contribution in [3.05, 3.63) is 59.9 Å². The molecule has 1 aromatic carbocycles. The number of rotatable bonds is 5. The van der Waals surface area contributed by atoms with Crippen LogP contribution in [0.4, 0.5) is 5.69 Å². The van der Waals surface area contributed by atoms with Crippen LogP contribution in [0.2, 0.25) is 0 Å². The lowest BCUT2D eigenvalue weighted by Gasteiger charge is -2.10. The first-order chi connectivity index (χ1) is 10.6. The summed E-state index contributed by atoms with van der Waals surface area (Å²) in [4.78, 5) is 27.1. The summed E-state index contributed by atoms with van der Waals surface area (Å²) in [7, 11) is 1.30. The number of nitrogens with one attached hydrogen (secondary N) is 1. The fourth-order valence-electron chi connectivity index (χ4n) is 1.91. The molecule has 1 aromatic heterocycles. The van der Waals surface area contributed by atoms with Gasteiger partial charge in [0, 0.05) is 18.1 Å². The number of carbonyl (C=O) groups excluding carboxylic acids is 2. The summed E-state index contributed by atoms with van der Waals surface area (Å²) in [6.45, 7) is 0. The highest BCUT2D eigenvalue weighted by atomic mass is 35.5. The molecule has 0 spiro atoms. The van der Waals surface area contributed by atoms with Gasteiger partial charge in [-0.05, 0) is 36.2 Å². The van der Waals surface area contributed by atoms with Crippen LogP contribution in [0.15, 0.2) is 48.8 Å². The van der Waals surface area contributed by atoms with Crippen LogP contribution in [-0.2, 0) is 16.0 Å². The molecule has 0 saturated carbocycles. The first-order valence-electron chi connectivity index (χ1n) is 6.74. The quantitative estimate of drug-likeness (QED) is 0.812. The zero-order valence-electron chi connectivity index (χ0n) is 12.6. The maximum atomic E-state index is 12.0. The van der Waals surface area contributed by atoms with Gasteiger partial charge in [-0.3, -0.25) is 14.6 Å². The molecule has 0 bridgehead atoms. The molecule has 0 aliphatic rings. The molecule has 0 saturated heterocycles. The highest BCUT2D eigenvalue weighted by molar-refractivity contribution is 6.04. The van der Waals surface area contributed by atoms with Gasteiger partial charge in [-0.15, -0.1) is 12.4 Å². The highest BCUT2D eigenvalue weighted by Crippen LogP contribution is 2.12. The number of amides is 1. The normalized spacial score (nSPS) is 11.0. The summed E-state index contributed by atoms with van der Waals surface area (Å²) in [6, 6.07) is 9.82. The van der Waals surface area contributed by atoms with Crippen molar-refractivity contribution in [3.8, 4) is 0 Å². The lowest BCUT2D eigenvalue weighted by molar-refractivity contribution is -0.142. The Kier molecular flexibility index (Phi) is 7.18. The van der Waals surface area contributed by atoms with Crippen LogP contribution in [0.1, 0.15) is 15.9 Å². The first kappa shape index (κ1) is 18.6. The van der Waals surface area contributed by atoms with Crippen molar-refractivity contribution in [2.45, 2.75) is 12.5 Å². The largest absolute Gasteiger partial charge is 0.468 e. The minimum absolute atomic E-state index is 0. The van der Waals surface area contributed by atoms with E-state index in [1.807, 2.05) is 12.1 Å². The van der Waals surface area contributed by atoms with Crippen LogP contribution < -0.4 is 11.1 Å². The number of methoxy groups -OCH3 is 1. The van der Waals surface area contributed by atoms with Gasteiger partial charge in [0.15, 0.2) is 0 Å². The van der Waals surface area contributed by atoms with Crippen LogP contribution in [-0.4, -0.2) is 30.0 Å². The number of carbonyl (C=O) groups is 2. The Bertz CT molecular complexity index is 647. The third kappa shape index (κ3) is 5.36. The van der Waals surface area contributed by atoms with Gasteiger partial charge in [-0.1, -0.05) is 12.1 Å². The van der Waals surface area contributed by atoms with E-state index in [4.69, 9.17) is 5.73 Å². The van der Waals surface area contributed by atoms with Gasteiger partial charge >= 0.3 is 5.97 Å². The van der Waals surface area contributed by atoms with Gasteiger partial charge in [0.1, 0.15) is 6.04 Å². The van der Waals surface area contributed by atoms with Crippen molar-refractivity contribution in [1.29, 1.82) is 0 Å². The molecule has 2 rings (SSSR count). The maximum absolute atomic E-state index is 12.0. The molecule has 0 unspecified atom stereocenters. The minimum atomic E-state index is -0.694. The SMILES string of the molecule is COC(=O)[C@@H](N)Cc1ccc(NC(=O)c2cccnc2)cc1.Cl. The molecular formula is C16H18ClN3O3. The molecule has 0 fully saturated rings. The summed E-state index contributed by atoms with van der Waals surface area (Å²) in [6.07, 6.45) is 3.48. The van der Waals surface area contributed by atoms with Gasteiger partial charge in [-0.25, -0.2) is 0 Å². The molecule has 7 heteroatoms. The van der Waals surface area contributed by atoms with Gasteiger partial charge in [0.25, 0.3) is 5.91 Å². The number of pyridine rings is 1. The second kappa shape index (κ2) is 8.87. The van der Waals surface area contributed by atoms with E-state index in [1.165, 1.54) is 13.3 Å². The number of hydrogen-bond donors (Lipinski definition) is 2. The van der Waals surface area contributed by atoms with Crippen molar-refractivity contribution < 1.29 is 14.3 Å². The van der Waals surface area contributed by atoms with E-state index in [1.54, 1.807) is 30.5 Å². The molecule has 1 amide bonds. The number of anilines is 1. The molecule has 122 valence electrons. The summed E-state index contributed by atoms with van der Waals surface area (Å²) >= 11 is 0. The first-order valence-corrected chi connectivity index (χ1v) is 6.74. The Morgan fingerprint density at radius 1 is 1.26 bits per heavy atom. The van der Waals surface area contributed by atoms with Crippen molar-refractivity contribution in [2.75, 3.05) is 12.4 Å². The van der Waals surface area contributed by atoms with E-state index >= 15 is 0 Å². The summed E-state index contributed by atoms with van der Waals surface area (Å²) in [5, 5.41) is 2.77. The zero-order valence-corrected chi connectivity index (χ0v) is 13.4. The molecule has 6 nitrogen and oxygen atoms in total. The van der Waals surface area contributed by atoms with Gasteiger partial charge in [-0.2, -0.15) is 0 Å². The van der Waals surface area contributed by atoms with Gasteiger partial charge < -0.3 is 15.8 Å². The fraction of sp³-hybridized carbons (Fsp3) is 0.188. The summed E-state index contributed by atoms with van der Waals surface area (Å²) in [5.74, 6) is -0.680. The second-order valence-electron chi connectivity index (χ2n) is 4.73. The van der Waals surface area contributed by atoms with Crippen LogP contribution in [0, 0.1) is 0 Å². The third-order valence-corrected chi connectivity index (χ3v) is 3.10. The molecule has 23 heavy (non-hydrogen) atoms. The van der Waals surface area contributed by atoms with E-state index < -0.39 is 12.0 Å². The Morgan fingerprint density at radius 3 is 2.52 bits per heavy atom. The molecular weight excluding hydrogens is 318 g/mol. The molecule has 0 aliphatic carbocycles. The van der Waals surface area contributed by atoms with Gasteiger partial charge in [0.05, 0.1) is 12.7 Å². The summed E-state index contributed by atoms with van der Waals surface area (Å²) < 4.78 is 4.58. The van der Waals surface area contributed by atoms with Crippen molar-refractivity contribution in [2.24, 2.45) is 5.73 Å². The molecule has 1 heterocycles. The van der Waals surface area contributed by atoms with Crippen molar-refractivity contribution in [1.82, 2.24) is 4.98 Å². The molecule has 3 N–H and O–H groups in total. The number of aromatic nitrogens is 1. The molecule has 0 radical (unpaired) electrons. The van der Waals surface area contributed by atoms with E-state index in [2.05, 4.69) is 15.0 Å². The predicted octanol–water partition coefficient (Wildman–Crippen LogP) is 1.80. The van der Waals surface area contributed by atoms with E-state index in [9.17, 15) is 9.59 Å². The van der Waals surface area contributed by atoms with Crippen LogP contribution in [0.5, 0.6) is 0 Å². The zero-order chi connectivity index (χ0) is 15.9. The number of nitrogens with two attached hydrogens (primary N) is 1. The second-order valence-corrected chi connectivity index (χ2v) is 4.73. The van der Waals surface area contributed by atoms with Crippen LogP contribution in [0.25, 0.3) is 0 Å². The number of ether oxygens (including phenoxy) is 1. The Hall–Kier alpha value is -2.44. The van der Waals surface area contributed by atoms with E-state index in [0.717, 1.165) is 5.56 Å². The fourth-order valence-corrected chi connectivity index (χ4v) is 1.91. The molecule has 1 atom stereocenters. The lowest BCUT2D eigenvalue weighted by atomic mass is 10.1. The highest BCUT2D eigenvalue weighted by Gasteiger charge is 2.14. The number of hydrogen-bond acceptors (Lipinski definition) is 5. The van der Waals surface area contributed by atoms with Crippen LogP contribution in [0.3, 0.4) is 0 Å². The number of benzene rings is 1. The topological polar surface area (TPSA) is 94.3 Å². The monoisotopic (exact) mass is 335 g/mol. The Balaban J connectivity index is 0.00000264. The van der Waals surface area contributed by atoms with E-state index in [-0.39, 0.29) is 18.3 Å². The number of nitrogens with zero attached hydrogens (tertiary/aromatic N) is 1.